The van der Waals surface area contributed by atoms with Gasteiger partial charge in [-0.25, -0.2) is 0 Å². The molecule has 0 atom stereocenters. The average molecular weight is 680 g/mol. The lowest BCUT2D eigenvalue weighted by Gasteiger charge is -2.13. The molecular formula is C31H24BrClN4O5S. The number of nitrogens with zero attached hydrogens (tertiary/aromatic N) is 3. The molecule has 2 amide bonds. The van der Waals surface area contributed by atoms with Crippen LogP contribution in [-0.2, 0) is 16.1 Å². The molecule has 0 unspecified atom stereocenters. The summed E-state index contributed by atoms with van der Waals surface area (Å²) in [6.45, 7) is -0.0568. The second-order valence-electron chi connectivity index (χ2n) is 9.01. The Bertz CT molecular complexity index is 1690. The SMILES string of the molecule is COc1ccc(/C=N\N=C2\S/C(=C\c3cc(Br)ccc3OCC(=O)Nc3ccc(Cl)cc3)C(=O)N2Cc2ccco2)cc1. The van der Waals surface area contributed by atoms with Gasteiger partial charge >= 0.3 is 0 Å². The number of hydrogen-bond acceptors (Lipinski definition) is 8. The Morgan fingerprint density at radius 3 is 2.63 bits per heavy atom. The summed E-state index contributed by atoms with van der Waals surface area (Å²) in [5.74, 6) is 1.14. The predicted molar refractivity (Wildman–Crippen MR) is 173 cm³/mol. The molecule has 1 aromatic heterocycles. The normalized spacial score (nSPS) is 15.0. The van der Waals surface area contributed by atoms with Gasteiger partial charge in [0.15, 0.2) is 11.8 Å². The number of benzene rings is 3. The third-order valence-electron chi connectivity index (χ3n) is 5.99. The molecule has 1 aliphatic rings. The van der Waals surface area contributed by atoms with Crippen LogP contribution in [0.2, 0.25) is 5.02 Å². The number of rotatable bonds is 10. The van der Waals surface area contributed by atoms with E-state index in [1.165, 1.54) is 16.7 Å². The zero-order valence-electron chi connectivity index (χ0n) is 22.7. The summed E-state index contributed by atoms with van der Waals surface area (Å²) in [7, 11) is 1.60. The summed E-state index contributed by atoms with van der Waals surface area (Å²) in [5, 5.41) is 12.3. The van der Waals surface area contributed by atoms with Gasteiger partial charge < -0.3 is 19.2 Å². The van der Waals surface area contributed by atoms with E-state index in [1.54, 1.807) is 80.3 Å². The maximum Gasteiger partial charge on any atom is 0.267 e. The van der Waals surface area contributed by atoms with E-state index in [0.29, 0.717) is 37.9 Å². The molecule has 3 aromatic carbocycles. The molecule has 0 saturated carbocycles. The lowest BCUT2D eigenvalue weighted by molar-refractivity contribution is -0.122. The van der Waals surface area contributed by atoms with Crippen molar-refractivity contribution < 1.29 is 23.5 Å². The van der Waals surface area contributed by atoms with Gasteiger partial charge in [0.05, 0.1) is 31.0 Å². The molecule has 4 aromatic rings. The highest BCUT2D eigenvalue weighted by atomic mass is 79.9. The van der Waals surface area contributed by atoms with Crippen molar-refractivity contribution in [3.63, 3.8) is 0 Å². The highest BCUT2D eigenvalue weighted by molar-refractivity contribution is 9.10. The minimum absolute atomic E-state index is 0.180. The molecule has 1 fully saturated rings. The van der Waals surface area contributed by atoms with Crippen LogP contribution in [0.3, 0.4) is 0 Å². The van der Waals surface area contributed by atoms with Crippen molar-refractivity contribution in [2.45, 2.75) is 6.54 Å². The number of ether oxygens (including phenoxy) is 2. The van der Waals surface area contributed by atoms with Crippen molar-refractivity contribution in [3.05, 3.63) is 116 Å². The molecule has 43 heavy (non-hydrogen) atoms. The molecule has 1 N–H and O–H groups in total. The molecule has 5 rings (SSSR count). The second-order valence-corrected chi connectivity index (χ2v) is 11.4. The first-order valence-corrected chi connectivity index (χ1v) is 14.8. The zero-order chi connectivity index (χ0) is 30.2. The quantitative estimate of drug-likeness (QED) is 0.108. The smallest absolute Gasteiger partial charge is 0.267 e. The Balaban J connectivity index is 1.36. The van der Waals surface area contributed by atoms with Gasteiger partial charge in [0.2, 0.25) is 0 Å². The first-order valence-electron chi connectivity index (χ1n) is 12.8. The van der Waals surface area contributed by atoms with E-state index in [-0.39, 0.29) is 25.0 Å². The molecule has 0 spiro atoms. The van der Waals surface area contributed by atoms with Crippen LogP contribution in [0, 0.1) is 0 Å². The van der Waals surface area contributed by atoms with E-state index in [9.17, 15) is 9.59 Å². The fraction of sp³-hybridized carbons (Fsp3) is 0.0968. The molecule has 0 bridgehead atoms. The van der Waals surface area contributed by atoms with E-state index in [1.807, 2.05) is 24.3 Å². The van der Waals surface area contributed by atoms with Crippen LogP contribution in [0.1, 0.15) is 16.9 Å². The van der Waals surface area contributed by atoms with E-state index in [4.69, 9.17) is 25.5 Å². The highest BCUT2D eigenvalue weighted by Gasteiger charge is 2.34. The highest BCUT2D eigenvalue weighted by Crippen LogP contribution is 2.36. The number of amides is 2. The standard InChI is InChI=1S/C31H24BrClN4O5S/c1-40-25-11-4-20(5-12-25)17-34-36-31-37(18-26-3-2-14-41-26)30(39)28(43-31)16-21-15-22(32)6-13-27(21)42-19-29(38)35-24-9-7-23(33)8-10-24/h2-17H,18-19H2,1H3,(H,35,38)/b28-16-,34-17-,36-31+. The van der Waals surface area contributed by atoms with E-state index >= 15 is 0 Å². The Morgan fingerprint density at radius 2 is 1.91 bits per heavy atom. The minimum Gasteiger partial charge on any atom is -0.497 e. The Morgan fingerprint density at radius 1 is 1.12 bits per heavy atom. The third kappa shape index (κ3) is 8.16. The summed E-state index contributed by atoms with van der Waals surface area (Å²) in [5.41, 5.74) is 2.02. The number of thioether (sulfide) groups is 1. The van der Waals surface area contributed by atoms with Gasteiger partial charge in [0.1, 0.15) is 17.3 Å². The van der Waals surface area contributed by atoms with Crippen molar-refractivity contribution in [2.75, 3.05) is 19.0 Å². The third-order valence-corrected chi connectivity index (χ3v) is 7.74. The van der Waals surface area contributed by atoms with Crippen molar-refractivity contribution in [3.8, 4) is 11.5 Å². The Kier molecular flexibility index (Phi) is 9.98. The van der Waals surface area contributed by atoms with Crippen molar-refractivity contribution >= 4 is 74.3 Å². The number of halogens is 2. The number of carbonyl (C=O) groups excluding carboxylic acids is 2. The van der Waals surface area contributed by atoms with Crippen LogP contribution in [0.25, 0.3) is 6.08 Å². The summed E-state index contributed by atoms with van der Waals surface area (Å²) in [4.78, 5) is 28.0. The van der Waals surface area contributed by atoms with Gasteiger partial charge in [0.25, 0.3) is 11.8 Å². The summed E-state index contributed by atoms with van der Waals surface area (Å²) < 4.78 is 17.3. The number of hydrogen-bond donors (Lipinski definition) is 1. The zero-order valence-corrected chi connectivity index (χ0v) is 25.9. The number of amidine groups is 1. The number of methoxy groups -OCH3 is 1. The first-order chi connectivity index (χ1) is 20.9. The number of anilines is 1. The molecule has 9 nitrogen and oxygen atoms in total. The molecule has 2 heterocycles. The van der Waals surface area contributed by atoms with Gasteiger partial charge in [-0.1, -0.05) is 27.5 Å². The molecule has 0 aliphatic carbocycles. The average Bonchev–Trinajstić information content (AvgIpc) is 3.63. The second kappa shape index (κ2) is 14.2. The predicted octanol–water partition coefficient (Wildman–Crippen LogP) is 7.23. The summed E-state index contributed by atoms with van der Waals surface area (Å²) >= 11 is 10.6. The van der Waals surface area contributed by atoms with E-state index in [0.717, 1.165) is 15.8 Å². The topological polar surface area (TPSA) is 106 Å². The van der Waals surface area contributed by atoms with Gasteiger partial charge in [-0.15, -0.1) is 5.10 Å². The van der Waals surface area contributed by atoms with Gasteiger partial charge in [0, 0.05) is 20.7 Å². The van der Waals surface area contributed by atoms with Gasteiger partial charge in [-0.05, 0) is 102 Å². The Hall–Kier alpha value is -4.32. The molecular weight excluding hydrogens is 656 g/mol. The van der Waals surface area contributed by atoms with Crippen LogP contribution in [0.5, 0.6) is 11.5 Å². The van der Waals surface area contributed by atoms with Crippen molar-refractivity contribution in [1.82, 2.24) is 4.90 Å². The lowest BCUT2D eigenvalue weighted by atomic mass is 10.2. The lowest BCUT2D eigenvalue weighted by Crippen LogP contribution is -2.28. The molecule has 12 heteroatoms. The molecule has 1 aliphatic heterocycles. The van der Waals surface area contributed by atoms with Crippen molar-refractivity contribution in [1.29, 1.82) is 0 Å². The Labute approximate surface area is 265 Å². The van der Waals surface area contributed by atoms with Crippen molar-refractivity contribution in [2.24, 2.45) is 10.2 Å². The number of carbonyl (C=O) groups is 2. The number of nitrogens with one attached hydrogen (secondary N) is 1. The van der Waals surface area contributed by atoms with Crippen LogP contribution >= 0.6 is 39.3 Å². The fourth-order valence-corrected chi connectivity index (χ4v) is 5.32. The summed E-state index contributed by atoms with van der Waals surface area (Å²) in [6, 6.07) is 23.0. The number of furan rings is 1. The van der Waals surface area contributed by atoms with E-state index in [2.05, 4.69) is 31.4 Å². The molecule has 218 valence electrons. The largest absolute Gasteiger partial charge is 0.497 e. The van der Waals surface area contributed by atoms with Crippen LogP contribution in [0.15, 0.2) is 109 Å². The maximum atomic E-state index is 13.6. The monoisotopic (exact) mass is 678 g/mol. The van der Waals surface area contributed by atoms with Crippen LogP contribution in [-0.4, -0.2) is 41.8 Å². The van der Waals surface area contributed by atoms with Gasteiger partial charge in [-0.2, -0.15) is 5.10 Å². The maximum absolute atomic E-state index is 13.6. The minimum atomic E-state index is -0.344. The van der Waals surface area contributed by atoms with E-state index < -0.39 is 0 Å². The van der Waals surface area contributed by atoms with Crippen LogP contribution in [0.4, 0.5) is 5.69 Å². The fourth-order valence-electron chi connectivity index (χ4n) is 3.89. The first kappa shape index (κ1) is 30.1. The van der Waals surface area contributed by atoms with Crippen LogP contribution < -0.4 is 14.8 Å². The van der Waals surface area contributed by atoms with Gasteiger partial charge in [-0.3, -0.25) is 14.5 Å². The molecule has 0 radical (unpaired) electrons. The summed E-state index contributed by atoms with van der Waals surface area (Å²) in [6.07, 6.45) is 4.85. The molecule has 1 saturated heterocycles.